The van der Waals surface area contributed by atoms with Crippen molar-refractivity contribution in [1.29, 1.82) is 0 Å². The maximum atomic E-state index is 11.8. The lowest BCUT2D eigenvalue weighted by molar-refractivity contribution is -0.122. The van der Waals surface area contributed by atoms with Crippen LogP contribution in [0.1, 0.15) is 12.5 Å². The first-order chi connectivity index (χ1) is 11.7. The highest BCUT2D eigenvalue weighted by Gasteiger charge is 2.10. The highest BCUT2D eigenvalue weighted by molar-refractivity contribution is 5.95. The van der Waals surface area contributed by atoms with Gasteiger partial charge in [-0.1, -0.05) is 42.5 Å². The fraction of sp³-hybridized carbons (Fsp3) is 0.222. The number of amides is 3. The lowest BCUT2D eigenvalue weighted by Gasteiger charge is -2.11. The molecular formula is C18H20N2O4. The van der Waals surface area contributed by atoms with E-state index in [9.17, 15) is 9.59 Å². The van der Waals surface area contributed by atoms with Crippen molar-refractivity contribution in [2.24, 2.45) is 0 Å². The number of hydrogen-bond acceptors (Lipinski definition) is 4. The number of benzene rings is 2. The molecule has 0 aliphatic rings. The normalized spacial score (nSPS) is 9.88. The second-order valence-corrected chi connectivity index (χ2v) is 4.88. The third-order valence-corrected chi connectivity index (χ3v) is 3.06. The molecule has 0 unspecified atom stereocenters. The topological polar surface area (TPSA) is 76.7 Å². The van der Waals surface area contributed by atoms with E-state index in [1.54, 1.807) is 18.2 Å². The predicted molar refractivity (Wildman–Crippen MR) is 89.9 cm³/mol. The number of hydrogen-bond donors (Lipinski definition) is 2. The van der Waals surface area contributed by atoms with Crippen molar-refractivity contribution < 1.29 is 19.1 Å². The molecule has 0 saturated heterocycles. The van der Waals surface area contributed by atoms with Crippen LogP contribution in [0, 0.1) is 0 Å². The van der Waals surface area contributed by atoms with Crippen molar-refractivity contribution >= 4 is 11.9 Å². The molecule has 0 aromatic heterocycles. The van der Waals surface area contributed by atoms with Gasteiger partial charge in [0.25, 0.3) is 5.91 Å². The van der Waals surface area contributed by atoms with E-state index in [4.69, 9.17) is 9.47 Å². The number of carbonyl (C=O) groups is 2. The van der Waals surface area contributed by atoms with Gasteiger partial charge in [0.2, 0.25) is 0 Å². The molecular weight excluding hydrogens is 308 g/mol. The van der Waals surface area contributed by atoms with Gasteiger partial charge in [0, 0.05) is 6.54 Å². The van der Waals surface area contributed by atoms with Gasteiger partial charge in [0.1, 0.15) is 0 Å². The summed E-state index contributed by atoms with van der Waals surface area (Å²) in [6.07, 6.45) is 0. The van der Waals surface area contributed by atoms with Gasteiger partial charge in [0.15, 0.2) is 18.1 Å². The highest BCUT2D eigenvalue weighted by Crippen LogP contribution is 2.26. The van der Waals surface area contributed by atoms with E-state index in [-0.39, 0.29) is 6.61 Å². The molecule has 0 aliphatic heterocycles. The molecule has 0 atom stereocenters. The Morgan fingerprint density at radius 3 is 2.21 bits per heavy atom. The summed E-state index contributed by atoms with van der Waals surface area (Å²) in [5, 5.41) is 4.83. The first kappa shape index (κ1) is 17.3. The zero-order chi connectivity index (χ0) is 17.2. The molecule has 0 radical (unpaired) electrons. The largest absolute Gasteiger partial charge is 0.490 e. The molecule has 6 heteroatoms. The van der Waals surface area contributed by atoms with Crippen LogP contribution in [0.25, 0.3) is 0 Å². The average Bonchev–Trinajstić information content (AvgIpc) is 2.60. The monoisotopic (exact) mass is 328 g/mol. The summed E-state index contributed by atoms with van der Waals surface area (Å²) in [7, 11) is 0. The number of rotatable bonds is 7. The van der Waals surface area contributed by atoms with E-state index in [1.807, 2.05) is 43.3 Å². The SMILES string of the molecule is CCOc1ccccc1OCC(=O)NC(=O)NCc1ccccc1. The summed E-state index contributed by atoms with van der Waals surface area (Å²) in [5.74, 6) is 0.479. The Morgan fingerprint density at radius 2 is 1.54 bits per heavy atom. The van der Waals surface area contributed by atoms with Crippen LogP contribution >= 0.6 is 0 Å². The Bertz CT molecular complexity index is 674. The van der Waals surface area contributed by atoms with E-state index >= 15 is 0 Å². The van der Waals surface area contributed by atoms with Crippen LogP contribution in [0.2, 0.25) is 0 Å². The maximum Gasteiger partial charge on any atom is 0.321 e. The third-order valence-electron chi connectivity index (χ3n) is 3.06. The molecule has 24 heavy (non-hydrogen) atoms. The standard InChI is InChI=1S/C18H20N2O4/c1-2-23-15-10-6-7-11-16(15)24-13-17(21)20-18(22)19-12-14-8-4-3-5-9-14/h3-11H,2,12-13H2,1H3,(H2,19,20,21,22). The molecule has 0 aliphatic carbocycles. The number of urea groups is 1. The number of nitrogens with one attached hydrogen (secondary N) is 2. The Hall–Kier alpha value is -3.02. The second-order valence-electron chi connectivity index (χ2n) is 4.88. The lowest BCUT2D eigenvalue weighted by Crippen LogP contribution is -2.41. The Labute approximate surface area is 140 Å². The fourth-order valence-corrected chi connectivity index (χ4v) is 1.97. The molecule has 2 aromatic rings. The smallest absolute Gasteiger partial charge is 0.321 e. The zero-order valence-electron chi connectivity index (χ0n) is 13.5. The van der Waals surface area contributed by atoms with Crippen molar-refractivity contribution in [2.75, 3.05) is 13.2 Å². The molecule has 2 aromatic carbocycles. The zero-order valence-corrected chi connectivity index (χ0v) is 13.5. The molecule has 0 spiro atoms. The Kier molecular flexibility index (Phi) is 6.64. The average molecular weight is 328 g/mol. The summed E-state index contributed by atoms with van der Waals surface area (Å²) in [5.41, 5.74) is 0.946. The molecule has 0 bridgehead atoms. The number of imide groups is 1. The van der Waals surface area contributed by atoms with E-state index in [1.165, 1.54) is 0 Å². The summed E-state index contributed by atoms with van der Waals surface area (Å²) in [4.78, 5) is 23.5. The van der Waals surface area contributed by atoms with Gasteiger partial charge in [-0.2, -0.15) is 0 Å². The molecule has 0 saturated carbocycles. The molecule has 0 heterocycles. The predicted octanol–water partition coefficient (Wildman–Crippen LogP) is 2.49. The van der Waals surface area contributed by atoms with Crippen LogP contribution in [0.5, 0.6) is 11.5 Å². The van der Waals surface area contributed by atoms with Crippen LogP contribution in [-0.2, 0) is 11.3 Å². The maximum absolute atomic E-state index is 11.8. The number of para-hydroxylation sites is 2. The van der Waals surface area contributed by atoms with Gasteiger partial charge >= 0.3 is 6.03 Å². The van der Waals surface area contributed by atoms with Crippen LogP contribution in [-0.4, -0.2) is 25.2 Å². The van der Waals surface area contributed by atoms with Gasteiger partial charge in [-0.05, 0) is 24.6 Å². The molecule has 3 amide bonds. The molecule has 2 N–H and O–H groups in total. The Balaban J connectivity index is 1.76. The van der Waals surface area contributed by atoms with Gasteiger partial charge < -0.3 is 14.8 Å². The lowest BCUT2D eigenvalue weighted by atomic mass is 10.2. The van der Waals surface area contributed by atoms with Crippen molar-refractivity contribution in [2.45, 2.75) is 13.5 Å². The minimum Gasteiger partial charge on any atom is -0.490 e. The van der Waals surface area contributed by atoms with Crippen molar-refractivity contribution in [1.82, 2.24) is 10.6 Å². The number of carbonyl (C=O) groups excluding carboxylic acids is 2. The summed E-state index contributed by atoms with van der Waals surface area (Å²) >= 11 is 0. The van der Waals surface area contributed by atoms with Gasteiger partial charge in [-0.15, -0.1) is 0 Å². The first-order valence-corrected chi connectivity index (χ1v) is 7.65. The summed E-state index contributed by atoms with van der Waals surface area (Å²) in [6, 6.07) is 15.9. The van der Waals surface area contributed by atoms with Crippen LogP contribution < -0.4 is 20.1 Å². The minimum absolute atomic E-state index is 0.275. The van der Waals surface area contributed by atoms with Crippen molar-refractivity contribution in [3.8, 4) is 11.5 Å². The second kappa shape index (κ2) is 9.19. The minimum atomic E-state index is -0.564. The third kappa shape index (κ3) is 5.64. The van der Waals surface area contributed by atoms with Crippen LogP contribution in [0.15, 0.2) is 54.6 Å². The van der Waals surface area contributed by atoms with E-state index in [0.29, 0.717) is 24.7 Å². The first-order valence-electron chi connectivity index (χ1n) is 7.65. The van der Waals surface area contributed by atoms with Crippen LogP contribution in [0.3, 0.4) is 0 Å². The summed E-state index contributed by atoms with van der Waals surface area (Å²) < 4.78 is 10.8. The number of ether oxygens (including phenoxy) is 2. The summed E-state index contributed by atoms with van der Waals surface area (Å²) in [6.45, 7) is 2.42. The van der Waals surface area contributed by atoms with Gasteiger partial charge in [0.05, 0.1) is 6.61 Å². The van der Waals surface area contributed by atoms with Gasteiger partial charge in [-0.25, -0.2) is 4.79 Å². The van der Waals surface area contributed by atoms with E-state index < -0.39 is 11.9 Å². The molecule has 2 rings (SSSR count). The fourth-order valence-electron chi connectivity index (χ4n) is 1.97. The highest BCUT2D eigenvalue weighted by atomic mass is 16.5. The van der Waals surface area contributed by atoms with E-state index in [2.05, 4.69) is 10.6 Å². The van der Waals surface area contributed by atoms with E-state index in [0.717, 1.165) is 5.56 Å². The molecule has 126 valence electrons. The van der Waals surface area contributed by atoms with Crippen molar-refractivity contribution in [3.05, 3.63) is 60.2 Å². The molecule has 6 nitrogen and oxygen atoms in total. The quantitative estimate of drug-likeness (QED) is 0.819. The van der Waals surface area contributed by atoms with Gasteiger partial charge in [-0.3, -0.25) is 10.1 Å². The van der Waals surface area contributed by atoms with Crippen molar-refractivity contribution in [3.63, 3.8) is 0 Å². The Morgan fingerprint density at radius 1 is 0.917 bits per heavy atom. The van der Waals surface area contributed by atoms with Crippen LogP contribution in [0.4, 0.5) is 4.79 Å². The molecule has 0 fully saturated rings.